The normalized spacial score (nSPS) is 15.4. The minimum atomic E-state index is -0.642. The standard InChI is InChI=1S/C18H13ClN2O6S/c1-2-27-14-9-13(21(25)26)6-10(16(14)22)7-15-17(23)20(18(24)28-15)12-5-3-4-11(19)8-12/h3-9,22H,2H2,1H3/b15-7+. The number of hydrogen-bond acceptors (Lipinski definition) is 7. The SMILES string of the molecule is CCOc1cc([N+](=O)[O-])cc(/C=C2/SC(=O)N(c3cccc(Cl)c3)C2=O)c1O. The van der Waals surface area contributed by atoms with Crippen molar-refractivity contribution in [2.75, 3.05) is 11.5 Å². The van der Waals surface area contributed by atoms with Gasteiger partial charge < -0.3 is 9.84 Å². The van der Waals surface area contributed by atoms with Gasteiger partial charge in [0.25, 0.3) is 16.8 Å². The summed E-state index contributed by atoms with van der Waals surface area (Å²) in [6, 6.07) is 8.43. The molecule has 0 radical (unpaired) electrons. The van der Waals surface area contributed by atoms with Crippen LogP contribution in [0.3, 0.4) is 0 Å². The third-order valence-corrected chi connectivity index (χ3v) is 4.85. The average Bonchev–Trinajstić information content (AvgIpc) is 2.91. The van der Waals surface area contributed by atoms with Gasteiger partial charge in [0.05, 0.1) is 28.2 Å². The number of amides is 2. The summed E-state index contributed by atoms with van der Waals surface area (Å²) in [7, 11) is 0. The second-order valence-corrected chi connectivity index (χ2v) is 7.00. The van der Waals surface area contributed by atoms with Crippen LogP contribution in [0.1, 0.15) is 12.5 Å². The Balaban J connectivity index is 2.03. The molecule has 28 heavy (non-hydrogen) atoms. The van der Waals surface area contributed by atoms with Crippen LogP contribution in [0.4, 0.5) is 16.2 Å². The van der Waals surface area contributed by atoms with E-state index in [1.54, 1.807) is 25.1 Å². The highest BCUT2D eigenvalue weighted by Crippen LogP contribution is 2.40. The molecular weight excluding hydrogens is 408 g/mol. The van der Waals surface area contributed by atoms with Gasteiger partial charge in [-0.1, -0.05) is 17.7 Å². The highest BCUT2D eigenvalue weighted by molar-refractivity contribution is 8.19. The summed E-state index contributed by atoms with van der Waals surface area (Å²) in [5, 5.41) is 21.3. The van der Waals surface area contributed by atoms with Gasteiger partial charge in [-0.05, 0) is 43.0 Å². The van der Waals surface area contributed by atoms with Crippen LogP contribution in [0.15, 0.2) is 41.3 Å². The van der Waals surface area contributed by atoms with Crippen molar-refractivity contribution >= 4 is 52.0 Å². The van der Waals surface area contributed by atoms with Gasteiger partial charge in [0.15, 0.2) is 11.5 Å². The first kappa shape index (κ1) is 19.7. The Morgan fingerprint density at radius 3 is 2.71 bits per heavy atom. The second-order valence-electron chi connectivity index (χ2n) is 5.57. The number of anilines is 1. The molecule has 0 atom stereocenters. The fourth-order valence-electron chi connectivity index (χ4n) is 2.54. The van der Waals surface area contributed by atoms with E-state index in [1.807, 2.05) is 0 Å². The number of aromatic hydroxyl groups is 1. The topological polar surface area (TPSA) is 110 Å². The lowest BCUT2D eigenvalue weighted by Crippen LogP contribution is -2.27. The number of nitrogens with zero attached hydrogens (tertiary/aromatic N) is 2. The van der Waals surface area contributed by atoms with Crippen LogP contribution in [-0.4, -0.2) is 27.8 Å². The number of phenols is 1. The number of nitro benzene ring substituents is 1. The van der Waals surface area contributed by atoms with Gasteiger partial charge in [-0.3, -0.25) is 19.7 Å². The highest BCUT2D eigenvalue weighted by Gasteiger charge is 2.36. The number of imide groups is 1. The van der Waals surface area contributed by atoms with Crippen molar-refractivity contribution in [3.63, 3.8) is 0 Å². The van der Waals surface area contributed by atoms with E-state index in [9.17, 15) is 24.8 Å². The number of halogens is 1. The molecule has 2 aromatic carbocycles. The zero-order valence-electron chi connectivity index (χ0n) is 14.4. The van der Waals surface area contributed by atoms with Crippen molar-refractivity contribution in [2.24, 2.45) is 0 Å². The molecule has 0 saturated carbocycles. The Bertz CT molecular complexity index is 1020. The molecule has 0 spiro atoms. The number of thioether (sulfide) groups is 1. The Morgan fingerprint density at radius 2 is 2.07 bits per heavy atom. The van der Waals surface area contributed by atoms with Gasteiger partial charge >= 0.3 is 0 Å². The summed E-state index contributed by atoms with van der Waals surface area (Å²) < 4.78 is 5.22. The Morgan fingerprint density at radius 1 is 1.32 bits per heavy atom. The molecule has 2 aromatic rings. The van der Waals surface area contributed by atoms with E-state index < -0.39 is 16.1 Å². The molecule has 1 aliphatic rings. The lowest BCUT2D eigenvalue weighted by Gasteiger charge is -2.12. The van der Waals surface area contributed by atoms with Gasteiger partial charge in [0.1, 0.15) is 0 Å². The zero-order chi connectivity index (χ0) is 20.4. The molecule has 1 aliphatic heterocycles. The number of ether oxygens (including phenoxy) is 1. The van der Waals surface area contributed by atoms with Crippen LogP contribution < -0.4 is 9.64 Å². The van der Waals surface area contributed by atoms with Gasteiger partial charge in [0.2, 0.25) is 0 Å². The lowest BCUT2D eigenvalue weighted by molar-refractivity contribution is -0.385. The van der Waals surface area contributed by atoms with Crippen molar-refractivity contribution in [2.45, 2.75) is 6.92 Å². The van der Waals surface area contributed by atoms with Crippen molar-refractivity contribution in [3.05, 3.63) is 62.0 Å². The number of nitro groups is 1. The van der Waals surface area contributed by atoms with Crippen LogP contribution in [0, 0.1) is 10.1 Å². The molecule has 144 valence electrons. The molecule has 0 aromatic heterocycles. The first-order chi connectivity index (χ1) is 13.3. The summed E-state index contributed by atoms with van der Waals surface area (Å²) in [5.41, 5.74) is -0.0208. The van der Waals surface area contributed by atoms with Crippen LogP contribution in [-0.2, 0) is 4.79 Å². The predicted octanol–water partition coefficient (Wildman–Crippen LogP) is 4.59. The number of non-ortho nitro benzene ring substituents is 1. The van der Waals surface area contributed by atoms with Gasteiger partial charge in [0, 0.05) is 16.7 Å². The van der Waals surface area contributed by atoms with E-state index >= 15 is 0 Å². The minimum Gasteiger partial charge on any atom is -0.504 e. The van der Waals surface area contributed by atoms with Crippen molar-refractivity contribution in [3.8, 4) is 11.5 Å². The van der Waals surface area contributed by atoms with E-state index in [0.29, 0.717) is 22.5 Å². The first-order valence-electron chi connectivity index (χ1n) is 7.99. The largest absolute Gasteiger partial charge is 0.504 e. The second kappa shape index (κ2) is 7.91. The maximum absolute atomic E-state index is 12.7. The van der Waals surface area contributed by atoms with Crippen LogP contribution in [0.5, 0.6) is 11.5 Å². The Kier molecular flexibility index (Phi) is 5.57. The van der Waals surface area contributed by atoms with E-state index in [0.717, 1.165) is 17.0 Å². The van der Waals surface area contributed by atoms with E-state index in [2.05, 4.69) is 0 Å². The summed E-state index contributed by atoms with van der Waals surface area (Å²) in [4.78, 5) is 36.5. The summed E-state index contributed by atoms with van der Waals surface area (Å²) in [5.74, 6) is -1.07. The number of phenolic OH excluding ortho intramolecular Hbond substituents is 1. The van der Waals surface area contributed by atoms with Crippen LogP contribution >= 0.6 is 23.4 Å². The molecule has 1 heterocycles. The van der Waals surface area contributed by atoms with Crippen LogP contribution in [0.25, 0.3) is 6.08 Å². The third-order valence-electron chi connectivity index (χ3n) is 3.75. The molecule has 0 bridgehead atoms. The smallest absolute Gasteiger partial charge is 0.298 e. The molecule has 3 rings (SSSR count). The molecule has 10 heteroatoms. The van der Waals surface area contributed by atoms with Gasteiger partial charge in [-0.15, -0.1) is 0 Å². The Hall–Kier alpha value is -3.04. The molecule has 0 aliphatic carbocycles. The third kappa shape index (κ3) is 3.80. The number of carbonyl (C=O) groups is 2. The van der Waals surface area contributed by atoms with Gasteiger partial charge in [-0.25, -0.2) is 4.90 Å². The fourth-order valence-corrected chi connectivity index (χ4v) is 3.56. The molecule has 2 amide bonds. The van der Waals surface area contributed by atoms with E-state index in [-0.39, 0.29) is 34.3 Å². The molecule has 1 saturated heterocycles. The number of rotatable bonds is 5. The fraction of sp³-hybridized carbons (Fsp3) is 0.111. The number of benzene rings is 2. The summed E-state index contributed by atoms with van der Waals surface area (Å²) >= 11 is 6.57. The Labute approximate surface area is 168 Å². The summed E-state index contributed by atoms with van der Waals surface area (Å²) in [6.07, 6.45) is 1.22. The molecular formula is C18H13ClN2O6S. The van der Waals surface area contributed by atoms with E-state index in [4.69, 9.17) is 16.3 Å². The lowest BCUT2D eigenvalue weighted by atomic mass is 10.1. The maximum Gasteiger partial charge on any atom is 0.298 e. The quantitative estimate of drug-likeness (QED) is 0.427. The molecule has 0 unspecified atom stereocenters. The van der Waals surface area contributed by atoms with Crippen molar-refractivity contribution in [1.82, 2.24) is 0 Å². The number of carbonyl (C=O) groups excluding carboxylic acids is 2. The van der Waals surface area contributed by atoms with Gasteiger partial charge in [-0.2, -0.15) is 0 Å². The van der Waals surface area contributed by atoms with E-state index in [1.165, 1.54) is 12.1 Å². The van der Waals surface area contributed by atoms with Crippen molar-refractivity contribution < 1.29 is 24.4 Å². The zero-order valence-corrected chi connectivity index (χ0v) is 16.0. The predicted molar refractivity (Wildman–Crippen MR) is 106 cm³/mol. The number of hydrogen-bond donors (Lipinski definition) is 1. The first-order valence-corrected chi connectivity index (χ1v) is 9.19. The summed E-state index contributed by atoms with van der Waals surface area (Å²) in [6.45, 7) is 1.84. The molecule has 1 fully saturated rings. The highest BCUT2D eigenvalue weighted by atomic mass is 35.5. The molecule has 8 nitrogen and oxygen atoms in total. The maximum atomic E-state index is 12.7. The minimum absolute atomic E-state index is 0.00298. The molecule has 1 N–H and O–H groups in total. The van der Waals surface area contributed by atoms with Crippen molar-refractivity contribution in [1.29, 1.82) is 0 Å². The monoisotopic (exact) mass is 420 g/mol. The average molecular weight is 421 g/mol. The van der Waals surface area contributed by atoms with Crippen LogP contribution in [0.2, 0.25) is 5.02 Å².